The summed E-state index contributed by atoms with van der Waals surface area (Å²) in [4.78, 5) is 12.9. The minimum atomic E-state index is 0.401. The fourth-order valence-electron chi connectivity index (χ4n) is 1.74. The van der Waals surface area contributed by atoms with Gasteiger partial charge in [0.15, 0.2) is 11.7 Å². The Labute approximate surface area is 109 Å². The van der Waals surface area contributed by atoms with E-state index in [1.807, 2.05) is 24.3 Å². The molecule has 4 nitrogen and oxygen atoms in total. The molecule has 5 heteroatoms. The van der Waals surface area contributed by atoms with Gasteiger partial charge in [-0.1, -0.05) is 11.6 Å². The van der Waals surface area contributed by atoms with Gasteiger partial charge in [-0.15, -0.1) is 0 Å². The maximum atomic E-state index is 5.83. The van der Waals surface area contributed by atoms with Crippen LogP contribution in [0, 0.1) is 0 Å². The number of hydrogen-bond donors (Lipinski definition) is 1. The predicted molar refractivity (Wildman–Crippen MR) is 72.6 cm³/mol. The molecular formula is C13H9ClN4. The Morgan fingerprint density at radius 3 is 2.67 bits per heavy atom. The van der Waals surface area contributed by atoms with Crippen molar-refractivity contribution < 1.29 is 0 Å². The molecule has 1 aromatic heterocycles. The van der Waals surface area contributed by atoms with Gasteiger partial charge in [0.25, 0.3) is 0 Å². The lowest BCUT2D eigenvalue weighted by Gasteiger charge is -1.98. The number of aliphatic imine (C=N–C) groups is 2. The number of fused-ring (bicyclic) bond motifs is 1. The van der Waals surface area contributed by atoms with Crippen LogP contribution in [0.5, 0.6) is 0 Å². The van der Waals surface area contributed by atoms with Gasteiger partial charge in [0.2, 0.25) is 0 Å². The lowest BCUT2D eigenvalue weighted by molar-refractivity contribution is 1.28. The summed E-state index contributed by atoms with van der Waals surface area (Å²) in [5, 5.41) is 0.676. The molecule has 2 aromatic rings. The third-order valence-corrected chi connectivity index (χ3v) is 2.83. The second-order valence-corrected chi connectivity index (χ2v) is 4.24. The van der Waals surface area contributed by atoms with Crippen LogP contribution in [0.2, 0.25) is 5.02 Å². The summed E-state index contributed by atoms with van der Waals surface area (Å²) in [6.07, 6.45) is 1.69. The second kappa shape index (κ2) is 4.23. The van der Waals surface area contributed by atoms with Crippen molar-refractivity contribution in [2.45, 2.75) is 0 Å². The topological polar surface area (TPSA) is 63.6 Å². The Balaban J connectivity index is 2.07. The van der Waals surface area contributed by atoms with E-state index in [-0.39, 0.29) is 0 Å². The SMILES string of the molecule is NC1=NC(=Nc2ccc(Cl)cc2)c2cccnc21. The molecule has 1 aliphatic rings. The molecule has 0 saturated carbocycles. The lowest BCUT2D eigenvalue weighted by atomic mass is 10.2. The molecule has 0 amide bonds. The summed E-state index contributed by atoms with van der Waals surface area (Å²) in [7, 11) is 0. The molecule has 0 aliphatic carbocycles. The molecule has 18 heavy (non-hydrogen) atoms. The maximum absolute atomic E-state index is 5.83. The van der Waals surface area contributed by atoms with Crippen LogP contribution in [0.15, 0.2) is 52.6 Å². The van der Waals surface area contributed by atoms with E-state index in [9.17, 15) is 0 Å². The molecule has 88 valence electrons. The quantitative estimate of drug-likeness (QED) is 0.852. The highest BCUT2D eigenvalue weighted by molar-refractivity contribution is 6.30. The van der Waals surface area contributed by atoms with E-state index in [2.05, 4.69) is 15.0 Å². The summed E-state index contributed by atoms with van der Waals surface area (Å²) in [5.74, 6) is 0.983. The lowest BCUT2D eigenvalue weighted by Crippen LogP contribution is -2.11. The Morgan fingerprint density at radius 1 is 1.11 bits per heavy atom. The molecule has 0 bridgehead atoms. The highest BCUT2D eigenvalue weighted by Gasteiger charge is 2.20. The number of benzene rings is 1. The molecule has 3 rings (SSSR count). The van der Waals surface area contributed by atoms with Gasteiger partial charge >= 0.3 is 0 Å². The molecule has 0 fully saturated rings. The third kappa shape index (κ3) is 1.87. The Hall–Kier alpha value is -2.20. The molecule has 1 aliphatic heterocycles. The average Bonchev–Trinajstić information content (AvgIpc) is 2.70. The van der Waals surface area contributed by atoms with Gasteiger partial charge in [-0.25, -0.2) is 9.98 Å². The van der Waals surface area contributed by atoms with Crippen molar-refractivity contribution in [2.75, 3.05) is 0 Å². The van der Waals surface area contributed by atoms with Gasteiger partial charge in [-0.05, 0) is 36.4 Å². The number of hydrogen-bond acceptors (Lipinski definition) is 3. The maximum Gasteiger partial charge on any atom is 0.164 e. The Kier molecular flexibility index (Phi) is 2.57. The van der Waals surface area contributed by atoms with Gasteiger partial charge in [-0.3, -0.25) is 4.98 Å². The minimum absolute atomic E-state index is 0.401. The summed E-state index contributed by atoms with van der Waals surface area (Å²) < 4.78 is 0. The first-order valence-electron chi connectivity index (χ1n) is 5.38. The zero-order valence-electron chi connectivity index (χ0n) is 9.34. The average molecular weight is 257 g/mol. The summed E-state index contributed by atoms with van der Waals surface area (Å²) in [6.45, 7) is 0. The van der Waals surface area contributed by atoms with Crippen LogP contribution in [-0.4, -0.2) is 16.7 Å². The monoisotopic (exact) mass is 256 g/mol. The third-order valence-electron chi connectivity index (χ3n) is 2.58. The number of nitrogens with zero attached hydrogens (tertiary/aromatic N) is 3. The highest BCUT2D eigenvalue weighted by atomic mass is 35.5. The minimum Gasteiger partial charge on any atom is -0.382 e. The smallest absolute Gasteiger partial charge is 0.164 e. The number of amidine groups is 2. The van der Waals surface area contributed by atoms with Crippen molar-refractivity contribution in [1.29, 1.82) is 0 Å². The molecule has 0 atom stereocenters. The largest absolute Gasteiger partial charge is 0.382 e. The zero-order valence-corrected chi connectivity index (χ0v) is 10.1. The van der Waals surface area contributed by atoms with E-state index in [1.54, 1.807) is 18.3 Å². The molecular weight excluding hydrogens is 248 g/mol. The van der Waals surface area contributed by atoms with Crippen molar-refractivity contribution in [2.24, 2.45) is 15.7 Å². The van der Waals surface area contributed by atoms with Crippen molar-refractivity contribution in [3.8, 4) is 0 Å². The molecule has 2 heterocycles. The van der Waals surface area contributed by atoms with Crippen molar-refractivity contribution in [3.63, 3.8) is 0 Å². The van der Waals surface area contributed by atoms with Crippen LogP contribution in [0.25, 0.3) is 0 Å². The molecule has 0 radical (unpaired) electrons. The van der Waals surface area contributed by atoms with E-state index >= 15 is 0 Å². The van der Waals surface area contributed by atoms with E-state index in [1.165, 1.54) is 0 Å². The molecule has 1 aromatic carbocycles. The van der Waals surface area contributed by atoms with Crippen LogP contribution in [0.1, 0.15) is 11.3 Å². The standard InChI is InChI=1S/C13H9ClN4/c14-8-3-5-9(6-4-8)17-13-10-2-1-7-16-11(10)12(15)18-13/h1-7H,(H2,15,17,18). The zero-order chi connectivity index (χ0) is 12.5. The molecule has 0 spiro atoms. The van der Waals surface area contributed by atoms with Crippen LogP contribution >= 0.6 is 11.6 Å². The van der Waals surface area contributed by atoms with Gasteiger partial charge < -0.3 is 5.73 Å². The van der Waals surface area contributed by atoms with Gasteiger partial charge in [0.1, 0.15) is 5.69 Å². The summed E-state index contributed by atoms with van der Waals surface area (Å²) in [6, 6.07) is 11.0. The molecule has 0 unspecified atom stereocenters. The number of pyridine rings is 1. The van der Waals surface area contributed by atoms with Gasteiger partial charge in [-0.2, -0.15) is 0 Å². The van der Waals surface area contributed by atoms with Crippen LogP contribution in [0.4, 0.5) is 5.69 Å². The number of aromatic nitrogens is 1. The van der Waals surface area contributed by atoms with Crippen molar-refractivity contribution in [3.05, 3.63) is 58.9 Å². The highest BCUT2D eigenvalue weighted by Crippen LogP contribution is 2.21. The van der Waals surface area contributed by atoms with E-state index < -0.39 is 0 Å². The second-order valence-electron chi connectivity index (χ2n) is 3.81. The predicted octanol–water partition coefficient (Wildman–Crippen LogP) is 2.53. The summed E-state index contributed by atoms with van der Waals surface area (Å²) >= 11 is 5.83. The Bertz CT molecular complexity index is 659. The molecule has 2 N–H and O–H groups in total. The first-order chi connectivity index (χ1) is 8.74. The first-order valence-corrected chi connectivity index (χ1v) is 5.76. The summed E-state index contributed by atoms with van der Waals surface area (Å²) in [5.41, 5.74) is 8.12. The van der Waals surface area contributed by atoms with E-state index in [4.69, 9.17) is 17.3 Å². The number of halogens is 1. The normalized spacial score (nSPS) is 15.6. The van der Waals surface area contributed by atoms with Gasteiger partial charge in [0, 0.05) is 16.8 Å². The van der Waals surface area contributed by atoms with E-state index in [0.717, 1.165) is 11.3 Å². The van der Waals surface area contributed by atoms with Crippen LogP contribution in [0.3, 0.4) is 0 Å². The number of nitrogens with two attached hydrogens (primary N) is 1. The fourth-order valence-corrected chi connectivity index (χ4v) is 1.87. The van der Waals surface area contributed by atoms with Crippen molar-refractivity contribution in [1.82, 2.24) is 4.98 Å². The Morgan fingerprint density at radius 2 is 1.89 bits per heavy atom. The number of rotatable bonds is 1. The van der Waals surface area contributed by atoms with Crippen LogP contribution < -0.4 is 5.73 Å². The molecule has 0 saturated heterocycles. The fraction of sp³-hybridized carbons (Fsp3) is 0. The van der Waals surface area contributed by atoms with Crippen molar-refractivity contribution >= 4 is 29.0 Å². The first kappa shape index (κ1) is 10.9. The van der Waals surface area contributed by atoms with Gasteiger partial charge in [0.05, 0.1) is 5.69 Å². The van der Waals surface area contributed by atoms with Crippen LogP contribution in [-0.2, 0) is 0 Å². The van der Waals surface area contributed by atoms with E-state index in [0.29, 0.717) is 22.4 Å².